The normalized spacial score (nSPS) is 28.5. The maximum atomic E-state index is 3.51. The smallest absolute Gasteiger partial charge is 0.0701 e. The molecule has 2 rings (SSSR count). The van der Waals surface area contributed by atoms with E-state index in [0.29, 0.717) is 0 Å². The van der Waals surface area contributed by atoms with Crippen LogP contribution < -0.4 is 0 Å². The topological polar surface area (TPSA) is 3.24 Å². The van der Waals surface area contributed by atoms with E-state index in [1.165, 1.54) is 21.8 Å². The Morgan fingerprint density at radius 2 is 2.00 bits per heavy atom. The van der Waals surface area contributed by atoms with Gasteiger partial charge < -0.3 is 0 Å². The number of rotatable bonds is 2. The fourth-order valence-electron chi connectivity index (χ4n) is 2.04. The largest absolute Gasteiger partial charge is 0.298 e. The minimum absolute atomic E-state index is 0.860. The molecule has 1 aliphatic rings. The fraction of sp³-hybridized carbons (Fsp3) is 0.636. The van der Waals surface area contributed by atoms with Gasteiger partial charge in [0.2, 0.25) is 0 Å². The first-order chi connectivity index (χ1) is 6.65. The van der Waals surface area contributed by atoms with Gasteiger partial charge in [-0.1, -0.05) is 13.8 Å². The van der Waals surface area contributed by atoms with E-state index >= 15 is 0 Å². The third-order valence-corrected chi connectivity index (χ3v) is 4.68. The van der Waals surface area contributed by atoms with Crippen LogP contribution >= 0.6 is 27.3 Å². The first kappa shape index (κ1) is 10.7. The highest BCUT2D eigenvalue weighted by atomic mass is 79.9. The van der Waals surface area contributed by atoms with Crippen LogP contribution in [0.3, 0.4) is 0 Å². The molecule has 3 heteroatoms. The van der Waals surface area contributed by atoms with Crippen molar-refractivity contribution in [2.24, 2.45) is 11.8 Å². The van der Waals surface area contributed by atoms with Gasteiger partial charge in [-0.05, 0) is 39.9 Å². The SMILES string of the molecule is CC1CN(Cc2ccc(Br)s2)CC1C. The highest BCUT2D eigenvalue weighted by molar-refractivity contribution is 9.11. The van der Waals surface area contributed by atoms with Crippen molar-refractivity contribution in [3.05, 3.63) is 20.8 Å². The summed E-state index contributed by atoms with van der Waals surface area (Å²) in [5.74, 6) is 1.72. The molecule has 1 aromatic heterocycles. The lowest BCUT2D eigenvalue weighted by Gasteiger charge is -2.13. The Bertz CT molecular complexity index is 300. The van der Waals surface area contributed by atoms with Crippen molar-refractivity contribution in [1.29, 1.82) is 0 Å². The van der Waals surface area contributed by atoms with Gasteiger partial charge in [-0.25, -0.2) is 0 Å². The van der Waals surface area contributed by atoms with Gasteiger partial charge >= 0.3 is 0 Å². The van der Waals surface area contributed by atoms with Crippen LogP contribution in [0.25, 0.3) is 0 Å². The van der Waals surface area contributed by atoms with Gasteiger partial charge in [-0.2, -0.15) is 0 Å². The Balaban J connectivity index is 1.93. The number of thiophene rings is 1. The summed E-state index contributed by atoms with van der Waals surface area (Å²) < 4.78 is 1.24. The molecule has 2 heterocycles. The molecule has 1 aromatic rings. The average Bonchev–Trinajstić information content (AvgIpc) is 2.62. The molecule has 0 amide bonds. The van der Waals surface area contributed by atoms with E-state index in [-0.39, 0.29) is 0 Å². The van der Waals surface area contributed by atoms with Crippen LogP contribution in [0.15, 0.2) is 15.9 Å². The predicted molar refractivity (Wildman–Crippen MR) is 65.6 cm³/mol. The van der Waals surface area contributed by atoms with Gasteiger partial charge in [0.25, 0.3) is 0 Å². The Morgan fingerprint density at radius 1 is 1.36 bits per heavy atom. The number of hydrogen-bond acceptors (Lipinski definition) is 2. The molecule has 2 atom stereocenters. The highest BCUT2D eigenvalue weighted by Gasteiger charge is 2.25. The molecule has 1 aliphatic heterocycles. The molecular weight excluding hydrogens is 258 g/mol. The number of hydrogen-bond donors (Lipinski definition) is 0. The summed E-state index contributed by atoms with van der Waals surface area (Å²) in [5.41, 5.74) is 0. The van der Waals surface area contributed by atoms with E-state index in [1.54, 1.807) is 0 Å². The Morgan fingerprint density at radius 3 is 2.50 bits per heavy atom. The van der Waals surface area contributed by atoms with Gasteiger partial charge in [-0.15, -0.1) is 11.3 Å². The molecule has 0 aromatic carbocycles. The fourth-order valence-corrected chi connectivity index (χ4v) is 3.56. The molecule has 0 bridgehead atoms. The lowest BCUT2D eigenvalue weighted by atomic mass is 10.0. The summed E-state index contributed by atoms with van der Waals surface area (Å²) >= 11 is 5.36. The minimum Gasteiger partial charge on any atom is -0.298 e. The van der Waals surface area contributed by atoms with Crippen molar-refractivity contribution in [3.8, 4) is 0 Å². The first-order valence-corrected chi connectivity index (χ1v) is 6.72. The van der Waals surface area contributed by atoms with Crippen molar-refractivity contribution in [2.75, 3.05) is 13.1 Å². The zero-order valence-corrected chi connectivity index (χ0v) is 11.1. The first-order valence-electron chi connectivity index (χ1n) is 5.11. The van der Waals surface area contributed by atoms with Crippen molar-refractivity contribution in [3.63, 3.8) is 0 Å². The Hall–Kier alpha value is 0.140. The van der Waals surface area contributed by atoms with Crippen molar-refractivity contribution in [2.45, 2.75) is 20.4 Å². The number of halogens is 1. The molecular formula is C11H16BrNS. The number of likely N-dealkylation sites (tertiary alicyclic amines) is 1. The van der Waals surface area contributed by atoms with Crippen LogP contribution in [0.2, 0.25) is 0 Å². The van der Waals surface area contributed by atoms with Crippen molar-refractivity contribution >= 4 is 27.3 Å². The summed E-state index contributed by atoms with van der Waals surface area (Å²) in [7, 11) is 0. The van der Waals surface area contributed by atoms with Gasteiger partial charge in [0.1, 0.15) is 0 Å². The maximum Gasteiger partial charge on any atom is 0.0701 e. The summed E-state index contributed by atoms with van der Waals surface area (Å²) in [6.45, 7) is 8.36. The van der Waals surface area contributed by atoms with Crippen molar-refractivity contribution in [1.82, 2.24) is 4.90 Å². The minimum atomic E-state index is 0.860. The van der Waals surface area contributed by atoms with E-state index in [1.807, 2.05) is 11.3 Å². The molecule has 14 heavy (non-hydrogen) atoms. The summed E-state index contributed by atoms with van der Waals surface area (Å²) in [5, 5.41) is 0. The van der Waals surface area contributed by atoms with Crippen LogP contribution in [0.5, 0.6) is 0 Å². The molecule has 2 unspecified atom stereocenters. The van der Waals surface area contributed by atoms with Gasteiger partial charge in [0.05, 0.1) is 3.79 Å². The molecule has 0 aliphatic carbocycles. The van der Waals surface area contributed by atoms with Gasteiger partial charge in [-0.3, -0.25) is 4.90 Å². The molecule has 0 spiro atoms. The lowest BCUT2D eigenvalue weighted by Crippen LogP contribution is -2.19. The zero-order valence-electron chi connectivity index (χ0n) is 8.66. The highest BCUT2D eigenvalue weighted by Crippen LogP contribution is 2.27. The predicted octanol–water partition coefficient (Wildman–Crippen LogP) is 3.60. The molecule has 0 radical (unpaired) electrons. The lowest BCUT2D eigenvalue weighted by molar-refractivity contribution is 0.319. The van der Waals surface area contributed by atoms with E-state index in [9.17, 15) is 0 Å². The zero-order chi connectivity index (χ0) is 10.1. The van der Waals surface area contributed by atoms with E-state index in [0.717, 1.165) is 18.4 Å². The maximum absolute atomic E-state index is 3.51. The average molecular weight is 274 g/mol. The summed E-state index contributed by atoms with van der Waals surface area (Å²) in [4.78, 5) is 4.03. The monoisotopic (exact) mass is 273 g/mol. The standard InChI is InChI=1S/C11H16BrNS/c1-8-5-13(6-9(8)2)7-10-3-4-11(12)14-10/h3-4,8-9H,5-7H2,1-2H3. The number of nitrogens with zero attached hydrogens (tertiary/aromatic N) is 1. The van der Waals surface area contributed by atoms with E-state index < -0.39 is 0 Å². The molecule has 0 N–H and O–H groups in total. The molecule has 1 fully saturated rings. The van der Waals surface area contributed by atoms with Crippen LogP contribution in [-0.4, -0.2) is 18.0 Å². The second-order valence-electron chi connectivity index (χ2n) is 4.35. The van der Waals surface area contributed by atoms with Crippen LogP contribution in [0.1, 0.15) is 18.7 Å². The van der Waals surface area contributed by atoms with Gasteiger partial charge in [0, 0.05) is 24.5 Å². The molecule has 0 saturated carbocycles. The second-order valence-corrected chi connectivity index (χ2v) is 6.90. The third kappa shape index (κ3) is 2.38. The van der Waals surface area contributed by atoms with Crippen LogP contribution in [0.4, 0.5) is 0 Å². The van der Waals surface area contributed by atoms with E-state index in [2.05, 4.69) is 46.8 Å². The molecule has 1 nitrogen and oxygen atoms in total. The van der Waals surface area contributed by atoms with Gasteiger partial charge in [0.15, 0.2) is 0 Å². The van der Waals surface area contributed by atoms with Crippen LogP contribution in [-0.2, 0) is 6.54 Å². The second kappa shape index (κ2) is 4.33. The molecule has 1 saturated heterocycles. The summed E-state index contributed by atoms with van der Waals surface area (Å²) in [6, 6.07) is 4.37. The third-order valence-electron chi connectivity index (χ3n) is 3.07. The molecule has 78 valence electrons. The quantitative estimate of drug-likeness (QED) is 0.796. The Kier molecular flexibility index (Phi) is 3.30. The van der Waals surface area contributed by atoms with Crippen molar-refractivity contribution < 1.29 is 0 Å². The summed E-state index contributed by atoms with van der Waals surface area (Å²) in [6.07, 6.45) is 0. The van der Waals surface area contributed by atoms with Crippen LogP contribution in [0, 0.1) is 11.8 Å². The Labute approximate surface area is 98.2 Å². The van der Waals surface area contributed by atoms with E-state index in [4.69, 9.17) is 0 Å².